The average Bonchev–Trinajstić information content (AvgIpc) is 2.82. The van der Waals surface area contributed by atoms with Gasteiger partial charge in [-0.2, -0.15) is 0 Å². The van der Waals surface area contributed by atoms with Crippen molar-refractivity contribution in [2.45, 2.75) is 0 Å². The number of ether oxygens (including phenoxy) is 2. The van der Waals surface area contributed by atoms with Crippen molar-refractivity contribution in [1.29, 1.82) is 0 Å². The average molecular weight is 390 g/mol. The Kier molecular flexibility index (Phi) is 4.61. The van der Waals surface area contributed by atoms with Crippen molar-refractivity contribution >= 4 is 21.5 Å². The van der Waals surface area contributed by atoms with Gasteiger partial charge in [0.25, 0.3) is 0 Å². The lowest BCUT2D eigenvalue weighted by molar-refractivity contribution is 0.417. The number of methoxy groups -OCH3 is 2. The second kappa shape index (κ2) is 7.57. The minimum absolute atomic E-state index is 0.872. The van der Waals surface area contributed by atoms with E-state index >= 15 is 0 Å². The summed E-state index contributed by atoms with van der Waals surface area (Å²) in [6.07, 6.45) is 0. The van der Waals surface area contributed by atoms with Crippen LogP contribution in [0.5, 0.6) is 11.5 Å². The molecule has 0 N–H and O–H groups in total. The summed E-state index contributed by atoms with van der Waals surface area (Å²) in [5.41, 5.74) is 4.39. The fraction of sp³-hybridized carbons (Fsp3) is 0.0714. The number of hydrogen-bond donors (Lipinski definition) is 0. The quantitative estimate of drug-likeness (QED) is 0.319. The standard InChI is InChI=1S/C28H22O2/c1-29-27-17-21-10-5-3-8-19(21)15-25(27)23-12-7-13-24(14-23)26-16-20-9-4-6-11-22(20)18-28(26)30-2/h3-18H,1-2H3. The van der Waals surface area contributed by atoms with Gasteiger partial charge in [0.05, 0.1) is 14.2 Å². The lowest BCUT2D eigenvalue weighted by Gasteiger charge is -2.14. The molecule has 0 aliphatic heterocycles. The molecule has 2 heteroatoms. The first-order valence-corrected chi connectivity index (χ1v) is 10.0. The molecule has 0 spiro atoms. The van der Waals surface area contributed by atoms with Gasteiger partial charge in [-0.15, -0.1) is 0 Å². The first-order chi connectivity index (χ1) is 14.8. The number of hydrogen-bond acceptors (Lipinski definition) is 2. The minimum atomic E-state index is 0.872. The molecule has 5 aromatic carbocycles. The van der Waals surface area contributed by atoms with E-state index in [4.69, 9.17) is 9.47 Å². The highest BCUT2D eigenvalue weighted by Gasteiger charge is 2.12. The second-order valence-electron chi connectivity index (χ2n) is 7.38. The van der Waals surface area contributed by atoms with Crippen molar-refractivity contribution in [3.63, 3.8) is 0 Å². The fourth-order valence-electron chi connectivity index (χ4n) is 4.08. The lowest BCUT2D eigenvalue weighted by atomic mass is 9.95. The van der Waals surface area contributed by atoms with E-state index in [1.54, 1.807) is 14.2 Å². The van der Waals surface area contributed by atoms with Gasteiger partial charge < -0.3 is 9.47 Å². The zero-order chi connectivity index (χ0) is 20.5. The maximum absolute atomic E-state index is 5.73. The van der Waals surface area contributed by atoms with Crippen LogP contribution in [0.1, 0.15) is 0 Å². The van der Waals surface area contributed by atoms with Gasteiger partial charge in [-0.3, -0.25) is 0 Å². The fourth-order valence-corrected chi connectivity index (χ4v) is 4.08. The predicted molar refractivity (Wildman–Crippen MR) is 125 cm³/mol. The van der Waals surface area contributed by atoms with E-state index in [9.17, 15) is 0 Å². The van der Waals surface area contributed by atoms with Crippen molar-refractivity contribution in [1.82, 2.24) is 0 Å². The highest BCUT2D eigenvalue weighted by molar-refractivity contribution is 5.93. The van der Waals surface area contributed by atoms with E-state index in [0.29, 0.717) is 0 Å². The van der Waals surface area contributed by atoms with Crippen LogP contribution in [0, 0.1) is 0 Å². The Bertz CT molecular complexity index is 1270. The topological polar surface area (TPSA) is 18.5 Å². The van der Waals surface area contributed by atoms with Crippen molar-refractivity contribution in [3.05, 3.63) is 97.1 Å². The number of rotatable bonds is 4. The van der Waals surface area contributed by atoms with Crippen LogP contribution in [0.3, 0.4) is 0 Å². The van der Waals surface area contributed by atoms with Gasteiger partial charge in [-0.1, -0.05) is 66.7 Å². The van der Waals surface area contributed by atoms with Crippen molar-refractivity contribution in [3.8, 4) is 33.8 Å². The number of fused-ring (bicyclic) bond motifs is 2. The third kappa shape index (κ3) is 3.17. The summed E-state index contributed by atoms with van der Waals surface area (Å²) in [7, 11) is 3.45. The Morgan fingerprint density at radius 3 is 1.23 bits per heavy atom. The molecule has 2 nitrogen and oxygen atoms in total. The molecular formula is C28H22O2. The zero-order valence-corrected chi connectivity index (χ0v) is 17.1. The van der Waals surface area contributed by atoms with Gasteiger partial charge in [0.1, 0.15) is 11.5 Å². The molecule has 0 unspecified atom stereocenters. The smallest absolute Gasteiger partial charge is 0.127 e. The minimum Gasteiger partial charge on any atom is -0.496 e. The van der Waals surface area contributed by atoms with Gasteiger partial charge in [-0.05, 0) is 63.0 Å². The summed E-state index contributed by atoms with van der Waals surface area (Å²) in [6, 6.07) is 33.9. The molecule has 0 aliphatic rings. The van der Waals surface area contributed by atoms with E-state index in [1.165, 1.54) is 21.5 Å². The maximum atomic E-state index is 5.73. The van der Waals surface area contributed by atoms with E-state index in [0.717, 1.165) is 33.8 Å². The molecule has 5 aromatic rings. The molecule has 146 valence electrons. The Morgan fingerprint density at radius 1 is 0.433 bits per heavy atom. The maximum Gasteiger partial charge on any atom is 0.127 e. The molecule has 0 saturated heterocycles. The van der Waals surface area contributed by atoms with Crippen LogP contribution < -0.4 is 9.47 Å². The molecule has 0 atom stereocenters. The van der Waals surface area contributed by atoms with Crippen molar-refractivity contribution < 1.29 is 9.47 Å². The second-order valence-corrected chi connectivity index (χ2v) is 7.38. The van der Waals surface area contributed by atoms with E-state index in [2.05, 4.69) is 84.9 Å². The van der Waals surface area contributed by atoms with Crippen LogP contribution in [0.15, 0.2) is 97.1 Å². The van der Waals surface area contributed by atoms with E-state index in [1.807, 2.05) is 12.1 Å². The van der Waals surface area contributed by atoms with E-state index in [-0.39, 0.29) is 0 Å². The Hall–Kier alpha value is -3.78. The Morgan fingerprint density at radius 2 is 0.833 bits per heavy atom. The Labute approximate surface area is 176 Å². The van der Waals surface area contributed by atoms with Crippen molar-refractivity contribution in [2.24, 2.45) is 0 Å². The highest BCUT2D eigenvalue weighted by atomic mass is 16.5. The molecule has 0 amide bonds. The summed E-state index contributed by atoms with van der Waals surface area (Å²) in [5.74, 6) is 1.74. The number of benzene rings is 5. The van der Waals surface area contributed by atoms with Gasteiger partial charge >= 0.3 is 0 Å². The molecule has 0 bridgehead atoms. The summed E-state index contributed by atoms with van der Waals surface area (Å²) in [4.78, 5) is 0. The lowest BCUT2D eigenvalue weighted by Crippen LogP contribution is -1.91. The van der Waals surface area contributed by atoms with Crippen LogP contribution in [-0.2, 0) is 0 Å². The van der Waals surface area contributed by atoms with Crippen LogP contribution in [0.25, 0.3) is 43.8 Å². The summed E-state index contributed by atoms with van der Waals surface area (Å²) < 4.78 is 11.5. The molecule has 0 aliphatic carbocycles. The third-order valence-electron chi connectivity index (χ3n) is 5.62. The molecule has 0 saturated carbocycles. The third-order valence-corrected chi connectivity index (χ3v) is 5.62. The summed E-state index contributed by atoms with van der Waals surface area (Å²) in [5, 5.41) is 4.74. The van der Waals surface area contributed by atoms with E-state index < -0.39 is 0 Å². The van der Waals surface area contributed by atoms with Crippen LogP contribution >= 0.6 is 0 Å². The summed E-state index contributed by atoms with van der Waals surface area (Å²) in [6.45, 7) is 0. The molecule has 30 heavy (non-hydrogen) atoms. The molecular weight excluding hydrogens is 368 g/mol. The SMILES string of the molecule is COc1cc2ccccc2cc1-c1cccc(-c2cc3ccccc3cc2OC)c1. The molecule has 5 rings (SSSR count). The van der Waals surface area contributed by atoms with Crippen molar-refractivity contribution in [2.75, 3.05) is 14.2 Å². The Balaban J connectivity index is 1.69. The van der Waals surface area contributed by atoms with Crippen LogP contribution in [0.2, 0.25) is 0 Å². The first-order valence-electron chi connectivity index (χ1n) is 10.0. The molecule has 0 radical (unpaired) electrons. The van der Waals surface area contributed by atoms with Crippen LogP contribution in [0.4, 0.5) is 0 Å². The van der Waals surface area contributed by atoms with Gasteiger partial charge in [0.2, 0.25) is 0 Å². The zero-order valence-electron chi connectivity index (χ0n) is 17.1. The highest BCUT2D eigenvalue weighted by Crippen LogP contribution is 2.39. The normalized spacial score (nSPS) is 11.0. The van der Waals surface area contributed by atoms with Gasteiger partial charge in [-0.25, -0.2) is 0 Å². The molecule has 0 fully saturated rings. The van der Waals surface area contributed by atoms with Crippen LogP contribution in [-0.4, -0.2) is 14.2 Å². The molecule has 0 aromatic heterocycles. The van der Waals surface area contributed by atoms with Gasteiger partial charge in [0.15, 0.2) is 0 Å². The van der Waals surface area contributed by atoms with Gasteiger partial charge in [0, 0.05) is 11.1 Å². The first kappa shape index (κ1) is 18.3. The largest absolute Gasteiger partial charge is 0.496 e. The molecule has 0 heterocycles. The summed E-state index contributed by atoms with van der Waals surface area (Å²) >= 11 is 0. The monoisotopic (exact) mass is 390 g/mol. The predicted octanol–water partition coefficient (Wildman–Crippen LogP) is 7.34.